The topological polar surface area (TPSA) is 75.4 Å². The van der Waals surface area contributed by atoms with Gasteiger partial charge in [0.2, 0.25) is 0 Å². The van der Waals surface area contributed by atoms with E-state index in [0.717, 1.165) is 46.3 Å². The Morgan fingerprint density at radius 1 is 1.29 bits per heavy atom. The Morgan fingerprint density at radius 2 is 2.14 bits per heavy atom. The summed E-state index contributed by atoms with van der Waals surface area (Å²) >= 11 is 0. The monoisotopic (exact) mass is 376 g/mol. The van der Waals surface area contributed by atoms with E-state index in [1.807, 2.05) is 42.5 Å². The second-order valence-electron chi connectivity index (χ2n) is 7.36. The predicted octanol–water partition coefficient (Wildman–Crippen LogP) is 4.06. The molecule has 0 radical (unpaired) electrons. The van der Waals surface area contributed by atoms with Gasteiger partial charge in [-0.05, 0) is 60.6 Å². The van der Waals surface area contributed by atoms with Crippen molar-refractivity contribution < 1.29 is 14.3 Å². The van der Waals surface area contributed by atoms with Crippen molar-refractivity contribution in [2.24, 2.45) is 5.92 Å². The van der Waals surface area contributed by atoms with E-state index in [1.54, 1.807) is 6.26 Å². The third-order valence-electron chi connectivity index (χ3n) is 5.13. The van der Waals surface area contributed by atoms with E-state index < -0.39 is 0 Å². The lowest BCUT2D eigenvalue weighted by molar-refractivity contribution is 0.0951. The summed E-state index contributed by atoms with van der Waals surface area (Å²) < 4.78 is 5.51. The largest absolute Gasteiger partial charge is 0.465 e. The number of allylic oxidation sites excluding steroid dienone is 1. The standard InChI is InChI=1S/C23H24N2O3/c1-15-12-16(14-17-6-4-11-28-17)22-19(13-15)21(23(27)24-9-5-10-26)18-7-2-3-8-20(18)25-22/h2-4,6-8,11,14-15,26H,5,9-10,12-13H2,1H3,(H,24,27)/b16-14-. The van der Waals surface area contributed by atoms with Crippen molar-refractivity contribution in [3.8, 4) is 0 Å². The van der Waals surface area contributed by atoms with E-state index in [2.05, 4.69) is 12.2 Å². The second-order valence-corrected chi connectivity index (χ2v) is 7.36. The van der Waals surface area contributed by atoms with Crippen molar-refractivity contribution in [1.29, 1.82) is 0 Å². The van der Waals surface area contributed by atoms with Crippen LogP contribution in [0, 0.1) is 5.92 Å². The molecule has 0 aliphatic heterocycles. The minimum atomic E-state index is -0.102. The minimum Gasteiger partial charge on any atom is -0.465 e. The van der Waals surface area contributed by atoms with Crippen molar-refractivity contribution in [2.45, 2.75) is 26.2 Å². The molecule has 2 aromatic heterocycles. The van der Waals surface area contributed by atoms with E-state index in [1.165, 1.54) is 0 Å². The molecule has 3 aromatic rings. The van der Waals surface area contributed by atoms with E-state index >= 15 is 0 Å². The maximum atomic E-state index is 13.1. The van der Waals surface area contributed by atoms with Crippen molar-refractivity contribution in [3.05, 3.63) is 65.2 Å². The first-order valence-corrected chi connectivity index (χ1v) is 9.72. The molecule has 0 fully saturated rings. The third kappa shape index (κ3) is 3.58. The van der Waals surface area contributed by atoms with E-state index in [4.69, 9.17) is 14.5 Å². The third-order valence-corrected chi connectivity index (χ3v) is 5.13. The molecule has 5 nitrogen and oxygen atoms in total. The zero-order valence-electron chi connectivity index (χ0n) is 15.9. The number of benzene rings is 1. The number of nitrogens with one attached hydrogen (secondary N) is 1. The number of aromatic nitrogens is 1. The van der Waals surface area contributed by atoms with Crippen LogP contribution in [0.5, 0.6) is 0 Å². The van der Waals surface area contributed by atoms with Crippen LogP contribution >= 0.6 is 0 Å². The molecule has 1 amide bonds. The van der Waals surface area contributed by atoms with Gasteiger partial charge >= 0.3 is 0 Å². The summed E-state index contributed by atoms with van der Waals surface area (Å²) in [5.74, 6) is 1.09. The number of carbonyl (C=O) groups excluding carboxylic acids is 1. The van der Waals surface area contributed by atoms with Gasteiger partial charge in [0.1, 0.15) is 5.76 Å². The Balaban J connectivity index is 1.88. The lowest BCUT2D eigenvalue weighted by Gasteiger charge is -2.26. The SMILES string of the molecule is CC1C/C(=C/c2ccco2)c2nc3ccccc3c(C(=O)NCCCO)c2C1. The van der Waals surface area contributed by atoms with Gasteiger partial charge in [-0.25, -0.2) is 4.98 Å². The summed E-state index contributed by atoms with van der Waals surface area (Å²) in [5.41, 5.74) is 4.50. The Hall–Kier alpha value is -2.92. The van der Waals surface area contributed by atoms with Crippen molar-refractivity contribution in [3.63, 3.8) is 0 Å². The van der Waals surface area contributed by atoms with E-state index in [0.29, 0.717) is 24.4 Å². The van der Waals surface area contributed by atoms with Gasteiger partial charge in [0.15, 0.2) is 0 Å². The van der Waals surface area contributed by atoms with Crippen LogP contribution < -0.4 is 5.32 Å². The minimum absolute atomic E-state index is 0.0581. The summed E-state index contributed by atoms with van der Waals surface area (Å²) in [5, 5.41) is 12.9. The molecule has 1 aliphatic rings. The average Bonchev–Trinajstić information content (AvgIpc) is 3.19. The molecule has 4 rings (SSSR count). The van der Waals surface area contributed by atoms with Crippen molar-refractivity contribution in [2.75, 3.05) is 13.2 Å². The zero-order chi connectivity index (χ0) is 19.5. The smallest absolute Gasteiger partial charge is 0.252 e. The highest BCUT2D eigenvalue weighted by Crippen LogP contribution is 2.38. The molecule has 144 valence electrons. The van der Waals surface area contributed by atoms with Gasteiger partial charge < -0.3 is 14.8 Å². The van der Waals surface area contributed by atoms with Gasteiger partial charge in [0.25, 0.3) is 5.91 Å². The molecule has 1 aliphatic carbocycles. The van der Waals surface area contributed by atoms with Crippen molar-refractivity contribution in [1.82, 2.24) is 10.3 Å². The van der Waals surface area contributed by atoms with Crippen molar-refractivity contribution >= 4 is 28.5 Å². The van der Waals surface area contributed by atoms with Gasteiger partial charge in [-0.15, -0.1) is 0 Å². The molecule has 1 aromatic carbocycles. The van der Waals surface area contributed by atoms with E-state index in [9.17, 15) is 4.79 Å². The number of carbonyl (C=O) groups is 1. The zero-order valence-corrected chi connectivity index (χ0v) is 15.9. The van der Waals surface area contributed by atoms with Crippen LogP contribution in [0.2, 0.25) is 0 Å². The number of aliphatic hydroxyl groups excluding tert-OH is 1. The lowest BCUT2D eigenvalue weighted by atomic mass is 9.80. The molecule has 28 heavy (non-hydrogen) atoms. The molecule has 0 saturated carbocycles. The first-order chi connectivity index (χ1) is 13.7. The van der Waals surface area contributed by atoms with Crippen LogP contribution in [0.25, 0.3) is 22.6 Å². The van der Waals surface area contributed by atoms with Crippen LogP contribution in [-0.2, 0) is 6.42 Å². The highest BCUT2D eigenvalue weighted by molar-refractivity contribution is 6.09. The normalized spacial score (nSPS) is 17.6. The first-order valence-electron chi connectivity index (χ1n) is 9.72. The average molecular weight is 376 g/mol. The summed E-state index contributed by atoms with van der Waals surface area (Å²) in [6.45, 7) is 2.70. The number of pyridine rings is 1. The van der Waals surface area contributed by atoms with Crippen LogP contribution in [0.3, 0.4) is 0 Å². The van der Waals surface area contributed by atoms with Gasteiger partial charge in [0, 0.05) is 18.5 Å². The fourth-order valence-electron chi connectivity index (χ4n) is 3.91. The van der Waals surface area contributed by atoms with Crippen LogP contribution in [-0.4, -0.2) is 29.1 Å². The summed E-state index contributed by atoms with van der Waals surface area (Å²) in [7, 11) is 0. The molecule has 1 unspecified atom stereocenters. The van der Waals surface area contributed by atoms with Crippen LogP contribution in [0.1, 0.15) is 47.1 Å². The molecule has 0 bridgehead atoms. The number of rotatable bonds is 5. The molecule has 1 atom stereocenters. The second kappa shape index (κ2) is 7.98. The first kappa shape index (κ1) is 18.4. The molecule has 2 N–H and O–H groups in total. The molecule has 2 heterocycles. The summed E-state index contributed by atoms with van der Waals surface area (Å²) in [6, 6.07) is 11.6. The lowest BCUT2D eigenvalue weighted by Crippen LogP contribution is -2.28. The Morgan fingerprint density at radius 3 is 2.93 bits per heavy atom. The Bertz CT molecular complexity index is 1020. The molecule has 0 saturated heterocycles. The molecule has 5 heteroatoms. The number of hydrogen-bond acceptors (Lipinski definition) is 4. The summed E-state index contributed by atoms with van der Waals surface area (Å²) in [4.78, 5) is 18.0. The van der Waals surface area contributed by atoms with Gasteiger partial charge in [-0.3, -0.25) is 4.79 Å². The maximum Gasteiger partial charge on any atom is 0.252 e. The number of aliphatic hydroxyl groups is 1. The van der Waals surface area contributed by atoms with Gasteiger partial charge in [-0.2, -0.15) is 0 Å². The summed E-state index contributed by atoms with van der Waals surface area (Å²) in [6.07, 6.45) is 5.93. The maximum absolute atomic E-state index is 13.1. The Labute approximate surface area is 164 Å². The number of para-hydroxylation sites is 1. The number of nitrogens with zero attached hydrogens (tertiary/aromatic N) is 1. The predicted molar refractivity (Wildman–Crippen MR) is 110 cm³/mol. The number of fused-ring (bicyclic) bond motifs is 2. The number of amides is 1. The molecular formula is C23H24N2O3. The van der Waals surface area contributed by atoms with E-state index in [-0.39, 0.29) is 12.5 Å². The highest BCUT2D eigenvalue weighted by Gasteiger charge is 2.28. The van der Waals surface area contributed by atoms with Crippen LogP contribution in [0.15, 0.2) is 47.1 Å². The highest BCUT2D eigenvalue weighted by atomic mass is 16.3. The molecule has 0 spiro atoms. The fraction of sp³-hybridized carbons (Fsp3) is 0.304. The fourth-order valence-corrected chi connectivity index (χ4v) is 3.91. The molecular weight excluding hydrogens is 352 g/mol. The number of furan rings is 1. The Kier molecular flexibility index (Phi) is 5.26. The van der Waals surface area contributed by atoms with Gasteiger partial charge in [-0.1, -0.05) is 25.1 Å². The number of hydrogen-bond donors (Lipinski definition) is 2. The van der Waals surface area contributed by atoms with Crippen LogP contribution in [0.4, 0.5) is 0 Å². The quantitative estimate of drug-likeness (QED) is 0.659. The van der Waals surface area contributed by atoms with Gasteiger partial charge in [0.05, 0.1) is 23.0 Å².